The van der Waals surface area contributed by atoms with E-state index < -0.39 is 28.4 Å². The van der Waals surface area contributed by atoms with Crippen LogP contribution in [0.5, 0.6) is 5.75 Å². The van der Waals surface area contributed by atoms with Crippen molar-refractivity contribution < 1.29 is 22.3 Å². The first-order valence-corrected chi connectivity index (χ1v) is 8.08. The van der Waals surface area contributed by atoms with Gasteiger partial charge in [0.25, 0.3) is 15.9 Å². The summed E-state index contributed by atoms with van der Waals surface area (Å²) >= 11 is 0. The van der Waals surface area contributed by atoms with Gasteiger partial charge in [-0.1, -0.05) is 0 Å². The lowest BCUT2D eigenvalue weighted by Gasteiger charge is -2.09. The minimum atomic E-state index is -4.00. The molecule has 0 saturated carbocycles. The second-order valence-corrected chi connectivity index (χ2v) is 6.21. The molecule has 0 aromatic heterocycles. The number of hydrogen-bond donors (Lipinski definition) is 2. The van der Waals surface area contributed by atoms with Gasteiger partial charge in [0.1, 0.15) is 11.6 Å². The molecule has 0 saturated heterocycles. The lowest BCUT2D eigenvalue weighted by atomic mass is 10.2. The van der Waals surface area contributed by atoms with Crippen molar-refractivity contribution in [3.05, 3.63) is 59.9 Å². The topological polar surface area (TPSA) is 108 Å². The molecule has 2 aromatic carbocycles. The first kappa shape index (κ1) is 17.4. The average Bonchev–Trinajstić information content (AvgIpc) is 2.59. The van der Waals surface area contributed by atoms with Gasteiger partial charge in [0.05, 0.1) is 16.5 Å². The van der Waals surface area contributed by atoms with Gasteiger partial charge in [-0.2, -0.15) is 5.26 Å². The monoisotopic (exact) mass is 349 g/mol. The van der Waals surface area contributed by atoms with Crippen LogP contribution in [-0.4, -0.2) is 20.9 Å². The van der Waals surface area contributed by atoms with E-state index in [4.69, 9.17) is 10.00 Å². The molecule has 9 heteroatoms. The van der Waals surface area contributed by atoms with E-state index in [1.807, 2.05) is 16.3 Å². The number of halogens is 1. The fourth-order valence-corrected chi connectivity index (χ4v) is 2.47. The number of nitriles is 1. The number of rotatable bonds is 6. The Hall–Kier alpha value is -2.96. The summed E-state index contributed by atoms with van der Waals surface area (Å²) in [6, 6.07) is 12.1. The summed E-state index contributed by atoms with van der Waals surface area (Å²) in [6.07, 6.45) is 0. The number of carbonyl (C=O) groups excluding carboxylic acids is 1. The van der Waals surface area contributed by atoms with Crippen molar-refractivity contribution in [1.82, 2.24) is 10.3 Å². The van der Waals surface area contributed by atoms with E-state index in [1.165, 1.54) is 24.3 Å². The fourth-order valence-electron chi connectivity index (χ4n) is 1.61. The summed E-state index contributed by atoms with van der Waals surface area (Å²) in [5, 5.41) is 8.66. The third-order valence-electron chi connectivity index (χ3n) is 2.80. The molecule has 24 heavy (non-hydrogen) atoms. The van der Waals surface area contributed by atoms with Crippen molar-refractivity contribution in [3.8, 4) is 11.8 Å². The predicted molar refractivity (Wildman–Crippen MR) is 81.5 cm³/mol. The number of nitrogens with zero attached hydrogens (tertiary/aromatic N) is 1. The van der Waals surface area contributed by atoms with Crippen LogP contribution in [0.15, 0.2) is 53.4 Å². The Labute approximate surface area is 137 Å². The summed E-state index contributed by atoms with van der Waals surface area (Å²) < 4.78 is 41.7. The van der Waals surface area contributed by atoms with Crippen LogP contribution in [0.4, 0.5) is 4.39 Å². The van der Waals surface area contributed by atoms with Crippen LogP contribution >= 0.6 is 0 Å². The largest absolute Gasteiger partial charge is 0.484 e. The zero-order chi connectivity index (χ0) is 17.6. The maximum Gasteiger partial charge on any atom is 0.272 e. The molecule has 0 atom stereocenters. The Morgan fingerprint density at radius 1 is 1.12 bits per heavy atom. The minimum absolute atomic E-state index is 0.197. The van der Waals surface area contributed by atoms with Crippen molar-refractivity contribution in [2.24, 2.45) is 0 Å². The molecule has 1 amide bonds. The molecule has 0 unspecified atom stereocenters. The van der Waals surface area contributed by atoms with Crippen molar-refractivity contribution >= 4 is 15.9 Å². The van der Waals surface area contributed by atoms with E-state index in [9.17, 15) is 17.6 Å². The Bertz CT molecular complexity index is 859. The summed E-state index contributed by atoms with van der Waals surface area (Å²) in [5.74, 6) is -0.954. The third kappa shape index (κ3) is 4.77. The van der Waals surface area contributed by atoms with E-state index in [-0.39, 0.29) is 4.90 Å². The van der Waals surface area contributed by atoms with Crippen LogP contribution in [0.2, 0.25) is 0 Å². The smallest absolute Gasteiger partial charge is 0.272 e. The van der Waals surface area contributed by atoms with Gasteiger partial charge < -0.3 is 4.74 Å². The Morgan fingerprint density at radius 2 is 1.75 bits per heavy atom. The van der Waals surface area contributed by atoms with Crippen molar-refractivity contribution in [1.29, 1.82) is 5.26 Å². The quantitative estimate of drug-likeness (QED) is 0.759. The summed E-state index contributed by atoms with van der Waals surface area (Å²) in [5.41, 5.74) is 2.42. The molecule has 0 heterocycles. The summed E-state index contributed by atoms with van der Waals surface area (Å²) in [6.45, 7) is -0.433. The van der Waals surface area contributed by atoms with E-state index in [1.54, 1.807) is 0 Å². The van der Waals surface area contributed by atoms with Gasteiger partial charge in [0.2, 0.25) is 0 Å². The highest BCUT2D eigenvalue weighted by Gasteiger charge is 2.15. The molecule has 2 rings (SSSR count). The molecule has 0 bridgehead atoms. The highest BCUT2D eigenvalue weighted by atomic mass is 32.2. The molecule has 0 aliphatic rings. The van der Waals surface area contributed by atoms with Crippen LogP contribution in [-0.2, 0) is 14.8 Å². The van der Waals surface area contributed by atoms with Gasteiger partial charge in [-0.15, -0.1) is 4.83 Å². The van der Waals surface area contributed by atoms with Gasteiger partial charge >= 0.3 is 0 Å². The van der Waals surface area contributed by atoms with Gasteiger partial charge in [0.15, 0.2) is 6.61 Å². The average molecular weight is 349 g/mol. The highest BCUT2D eigenvalue weighted by Crippen LogP contribution is 2.11. The number of benzene rings is 2. The predicted octanol–water partition coefficient (Wildman–Crippen LogP) is 1.09. The third-order valence-corrected chi connectivity index (χ3v) is 4.07. The first-order chi connectivity index (χ1) is 11.4. The molecule has 124 valence electrons. The highest BCUT2D eigenvalue weighted by molar-refractivity contribution is 7.89. The molecule has 0 aliphatic carbocycles. The number of amides is 1. The molecule has 2 aromatic rings. The van der Waals surface area contributed by atoms with E-state index in [2.05, 4.69) is 0 Å². The standard InChI is InChI=1S/C15H12FN3O4S/c16-12-3-7-14(8-4-12)24(21,22)19-18-15(20)10-23-13-5-1-11(9-17)2-6-13/h1-8,19H,10H2,(H,18,20). The van der Waals surface area contributed by atoms with E-state index in [0.717, 1.165) is 24.3 Å². The molecule has 0 fully saturated rings. The van der Waals surface area contributed by atoms with Crippen LogP contribution in [0.3, 0.4) is 0 Å². The fraction of sp³-hybridized carbons (Fsp3) is 0.0667. The van der Waals surface area contributed by atoms with Crippen molar-refractivity contribution in [2.45, 2.75) is 4.90 Å². The molecule has 2 N–H and O–H groups in total. The normalized spacial score (nSPS) is 10.7. The number of hydrogen-bond acceptors (Lipinski definition) is 5. The summed E-state index contributed by atoms with van der Waals surface area (Å²) in [7, 11) is -4.00. The lowest BCUT2D eigenvalue weighted by molar-refractivity contribution is -0.123. The van der Waals surface area contributed by atoms with E-state index in [0.29, 0.717) is 11.3 Å². The molecular formula is C15H12FN3O4S. The molecule has 0 aliphatic heterocycles. The Morgan fingerprint density at radius 3 is 2.33 bits per heavy atom. The lowest BCUT2D eigenvalue weighted by Crippen LogP contribution is -2.43. The van der Waals surface area contributed by atoms with Crippen molar-refractivity contribution in [2.75, 3.05) is 6.61 Å². The van der Waals surface area contributed by atoms with E-state index >= 15 is 0 Å². The van der Waals surface area contributed by atoms with Gasteiger partial charge in [0, 0.05) is 0 Å². The minimum Gasteiger partial charge on any atom is -0.484 e. The van der Waals surface area contributed by atoms with Crippen LogP contribution in [0.1, 0.15) is 5.56 Å². The molecular weight excluding hydrogens is 337 g/mol. The molecule has 7 nitrogen and oxygen atoms in total. The Kier molecular flexibility index (Phi) is 5.47. The van der Waals surface area contributed by atoms with Gasteiger partial charge in [-0.25, -0.2) is 12.8 Å². The zero-order valence-corrected chi connectivity index (χ0v) is 13.0. The molecule has 0 radical (unpaired) electrons. The maximum atomic E-state index is 12.8. The van der Waals surface area contributed by atoms with Crippen LogP contribution in [0.25, 0.3) is 0 Å². The number of hydrazine groups is 1. The number of carbonyl (C=O) groups is 1. The van der Waals surface area contributed by atoms with Gasteiger partial charge in [-0.3, -0.25) is 10.2 Å². The zero-order valence-electron chi connectivity index (χ0n) is 12.2. The first-order valence-electron chi connectivity index (χ1n) is 6.60. The maximum absolute atomic E-state index is 12.8. The van der Waals surface area contributed by atoms with Gasteiger partial charge in [-0.05, 0) is 48.5 Å². The van der Waals surface area contributed by atoms with Crippen LogP contribution in [0, 0.1) is 17.1 Å². The second kappa shape index (κ2) is 7.54. The van der Waals surface area contributed by atoms with Crippen molar-refractivity contribution in [3.63, 3.8) is 0 Å². The number of ether oxygens (including phenoxy) is 1. The van der Waals surface area contributed by atoms with Crippen LogP contribution < -0.4 is 15.0 Å². The Balaban J connectivity index is 1.86. The SMILES string of the molecule is N#Cc1ccc(OCC(=O)NNS(=O)(=O)c2ccc(F)cc2)cc1. The number of sulfonamides is 1. The molecule has 0 spiro atoms. The summed E-state index contributed by atoms with van der Waals surface area (Å²) in [4.78, 5) is 13.3. The second-order valence-electron chi connectivity index (χ2n) is 4.53. The number of nitrogens with one attached hydrogen (secondary N) is 2.